The molecule has 6 nitrogen and oxygen atoms in total. The predicted molar refractivity (Wildman–Crippen MR) is 83.5 cm³/mol. The molecule has 0 saturated carbocycles. The van der Waals surface area contributed by atoms with E-state index < -0.39 is 0 Å². The largest absolute Gasteiger partial charge is 0.347 e. The number of anilines is 1. The van der Waals surface area contributed by atoms with Crippen LogP contribution < -0.4 is 16.0 Å². The van der Waals surface area contributed by atoms with Crippen LogP contribution in [-0.2, 0) is 22.4 Å². The minimum absolute atomic E-state index is 0.0136. The lowest BCUT2D eigenvalue weighted by Crippen LogP contribution is -2.34. The third-order valence-electron chi connectivity index (χ3n) is 3.37. The fourth-order valence-corrected chi connectivity index (χ4v) is 3.42. The van der Waals surface area contributed by atoms with E-state index in [9.17, 15) is 9.59 Å². The minimum atomic E-state index is -0.239. The number of amides is 2. The molecular weight excluding hydrogens is 288 g/mol. The number of nitrogens with one attached hydrogen (secondary N) is 3. The summed E-state index contributed by atoms with van der Waals surface area (Å²) in [6.45, 7) is 4.58. The quantitative estimate of drug-likeness (QED) is 0.734. The average Bonchev–Trinajstić information content (AvgIpc) is 2.84. The summed E-state index contributed by atoms with van der Waals surface area (Å²) in [5.74, 6) is -0.453. The second-order valence-electron chi connectivity index (χ2n) is 5.24. The number of hydrogen-bond acceptors (Lipinski definition) is 5. The van der Waals surface area contributed by atoms with Crippen molar-refractivity contribution in [2.45, 2.75) is 45.6 Å². The third-order valence-corrected chi connectivity index (χ3v) is 4.40. The summed E-state index contributed by atoms with van der Waals surface area (Å²) in [5.41, 5.74) is 1.10. The van der Waals surface area contributed by atoms with E-state index in [1.807, 2.05) is 0 Å². The molecule has 21 heavy (non-hydrogen) atoms. The Hall–Kier alpha value is -1.47. The van der Waals surface area contributed by atoms with Gasteiger partial charge in [0.1, 0.15) is 0 Å². The number of aromatic nitrogens is 1. The van der Waals surface area contributed by atoms with Crippen LogP contribution in [0.25, 0.3) is 0 Å². The molecular formula is C14H22N4O2S. The highest BCUT2D eigenvalue weighted by atomic mass is 32.1. The molecule has 0 radical (unpaired) electrons. The van der Waals surface area contributed by atoms with E-state index in [4.69, 9.17) is 0 Å². The van der Waals surface area contributed by atoms with Crippen LogP contribution in [0.4, 0.5) is 5.13 Å². The first kappa shape index (κ1) is 15.9. The molecule has 7 heteroatoms. The molecule has 0 spiro atoms. The third kappa shape index (κ3) is 4.78. The highest BCUT2D eigenvalue weighted by molar-refractivity contribution is 7.15. The van der Waals surface area contributed by atoms with E-state index in [0.29, 0.717) is 11.2 Å². The number of aryl methyl sites for hydroxylation is 1. The van der Waals surface area contributed by atoms with Gasteiger partial charge in [-0.25, -0.2) is 4.98 Å². The molecule has 1 aliphatic carbocycles. The van der Waals surface area contributed by atoms with E-state index in [1.54, 1.807) is 0 Å². The van der Waals surface area contributed by atoms with Gasteiger partial charge in [0.2, 0.25) is 11.8 Å². The van der Waals surface area contributed by atoms with Gasteiger partial charge in [0.05, 0.1) is 12.2 Å². The van der Waals surface area contributed by atoms with E-state index in [1.165, 1.54) is 23.1 Å². The maximum Gasteiger partial charge on any atom is 0.245 e. The minimum Gasteiger partial charge on any atom is -0.347 e. The summed E-state index contributed by atoms with van der Waals surface area (Å²) >= 11 is 1.54. The number of carbonyl (C=O) groups excluding carboxylic acids is 2. The molecule has 116 valence electrons. The molecule has 1 heterocycles. The average molecular weight is 310 g/mol. The molecule has 1 aromatic heterocycles. The van der Waals surface area contributed by atoms with Crippen LogP contribution in [0, 0.1) is 0 Å². The fourth-order valence-electron chi connectivity index (χ4n) is 2.32. The standard InChI is InChI=1S/C14H22N4O2S/c1-3-6-15-10-4-5-11-12(7-10)21-14(17-11)18-13(20)8-16-9(2)19/h10,15H,3-8H2,1-2H3,(H,16,19)(H,17,18,20)/t10-/m0/s1. The van der Waals surface area contributed by atoms with Crippen molar-refractivity contribution < 1.29 is 9.59 Å². The highest BCUT2D eigenvalue weighted by Crippen LogP contribution is 2.29. The highest BCUT2D eigenvalue weighted by Gasteiger charge is 2.22. The predicted octanol–water partition coefficient (Wildman–Crippen LogP) is 1.07. The fraction of sp³-hybridized carbons (Fsp3) is 0.643. The summed E-state index contributed by atoms with van der Waals surface area (Å²) in [6, 6.07) is 0.515. The maximum absolute atomic E-state index is 11.7. The Morgan fingerprint density at radius 3 is 2.95 bits per heavy atom. The van der Waals surface area contributed by atoms with Crippen molar-refractivity contribution in [2.24, 2.45) is 0 Å². The van der Waals surface area contributed by atoms with Crippen LogP contribution in [0.15, 0.2) is 0 Å². The van der Waals surface area contributed by atoms with Gasteiger partial charge in [-0.05, 0) is 32.2 Å². The zero-order valence-corrected chi connectivity index (χ0v) is 13.3. The van der Waals surface area contributed by atoms with Crippen molar-refractivity contribution in [3.63, 3.8) is 0 Å². The molecule has 1 atom stereocenters. The van der Waals surface area contributed by atoms with E-state index in [2.05, 4.69) is 27.9 Å². The van der Waals surface area contributed by atoms with Crippen LogP contribution in [0.1, 0.15) is 37.3 Å². The first-order valence-electron chi connectivity index (χ1n) is 7.34. The summed E-state index contributed by atoms with van der Waals surface area (Å²) in [7, 11) is 0. The zero-order valence-electron chi connectivity index (χ0n) is 12.5. The molecule has 0 aromatic carbocycles. The number of thiazole rings is 1. The molecule has 2 rings (SSSR count). The number of nitrogens with zero attached hydrogens (tertiary/aromatic N) is 1. The van der Waals surface area contributed by atoms with Gasteiger partial charge in [-0.1, -0.05) is 6.92 Å². The molecule has 0 bridgehead atoms. The topological polar surface area (TPSA) is 83.1 Å². The monoisotopic (exact) mass is 310 g/mol. The van der Waals surface area contributed by atoms with Crippen molar-refractivity contribution in [3.05, 3.63) is 10.6 Å². The first-order valence-corrected chi connectivity index (χ1v) is 8.16. The lowest BCUT2D eigenvalue weighted by Gasteiger charge is -2.21. The molecule has 3 N–H and O–H groups in total. The number of hydrogen-bond donors (Lipinski definition) is 3. The van der Waals surface area contributed by atoms with Gasteiger partial charge >= 0.3 is 0 Å². The van der Waals surface area contributed by atoms with Crippen molar-refractivity contribution in [1.82, 2.24) is 15.6 Å². The Bertz CT molecular complexity index is 515. The SMILES string of the molecule is CCCN[C@H]1CCc2nc(NC(=O)CNC(C)=O)sc2C1. The smallest absolute Gasteiger partial charge is 0.245 e. The van der Waals surface area contributed by atoms with E-state index >= 15 is 0 Å². The van der Waals surface area contributed by atoms with Gasteiger partial charge < -0.3 is 16.0 Å². The summed E-state index contributed by atoms with van der Waals surface area (Å²) < 4.78 is 0. The number of fused-ring (bicyclic) bond motifs is 1. The molecule has 1 aliphatic rings. The van der Waals surface area contributed by atoms with E-state index in [0.717, 1.165) is 37.9 Å². The van der Waals surface area contributed by atoms with Gasteiger partial charge in [-0.2, -0.15) is 0 Å². The van der Waals surface area contributed by atoms with Gasteiger partial charge in [0, 0.05) is 17.8 Å². The summed E-state index contributed by atoms with van der Waals surface area (Å²) in [4.78, 5) is 28.2. The lowest BCUT2D eigenvalue weighted by molar-refractivity contribution is -0.122. The van der Waals surface area contributed by atoms with Crippen LogP contribution >= 0.6 is 11.3 Å². The van der Waals surface area contributed by atoms with Crippen molar-refractivity contribution >= 4 is 28.3 Å². The molecule has 0 fully saturated rings. The lowest BCUT2D eigenvalue weighted by atomic mass is 9.98. The molecule has 1 aromatic rings. The molecule has 0 unspecified atom stereocenters. The first-order chi connectivity index (χ1) is 10.1. The Morgan fingerprint density at radius 1 is 1.43 bits per heavy atom. The van der Waals surface area contributed by atoms with Gasteiger partial charge in [-0.3, -0.25) is 9.59 Å². The van der Waals surface area contributed by atoms with Crippen LogP contribution in [-0.4, -0.2) is 35.9 Å². The van der Waals surface area contributed by atoms with Gasteiger partial charge in [0.25, 0.3) is 0 Å². The number of rotatable bonds is 6. The normalized spacial score (nSPS) is 17.1. The Balaban J connectivity index is 1.89. The molecule has 2 amide bonds. The Morgan fingerprint density at radius 2 is 2.24 bits per heavy atom. The van der Waals surface area contributed by atoms with Crippen molar-refractivity contribution in [2.75, 3.05) is 18.4 Å². The van der Waals surface area contributed by atoms with Crippen molar-refractivity contribution in [1.29, 1.82) is 0 Å². The second-order valence-corrected chi connectivity index (χ2v) is 6.32. The summed E-state index contributed by atoms with van der Waals surface area (Å²) in [5, 5.41) is 9.39. The Kier molecular flexibility index (Phi) is 5.69. The summed E-state index contributed by atoms with van der Waals surface area (Å²) in [6.07, 6.45) is 4.16. The molecule has 0 aliphatic heterocycles. The molecule has 0 saturated heterocycles. The van der Waals surface area contributed by atoms with E-state index in [-0.39, 0.29) is 18.4 Å². The maximum atomic E-state index is 11.7. The van der Waals surface area contributed by atoms with Crippen LogP contribution in [0.2, 0.25) is 0 Å². The Labute approximate surface area is 128 Å². The van der Waals surface area contributed by atoms with Crippen LogP contribution in [0.5, 0.6) is 0 Å². The second kappa shape index (κ2) is 7.51. The zero-order chi connectivity index (χ0) is 15.2. The number of carbonyl (C=O) groups is 2. The van der Waals surface area contributed by atoms with Gasteiger partial charge in [-0.15, -0.1) is 11.3 Å². The van der Waals surface area contributed by atoms with Gasteiger partial charge in [0.15, 0.2) is 5.13 Å². The van der Waals surface area contributed by atoms with Crippen LogP contribution in [0.3, 0.4) is 0 Å². The van der Waals surface area contributed by atoms with Crippen molar-refractivity contribution in [3.8, 4) is 0 Å².